The van der Waals surface area contributed by atoms with Crippen LogP contribution in [0, 0.1) is 5.82 Å². The van der Waals surface area contributed by atoms with E-state index in [-0.39, 0.29) is 24.9 Å². The van der Waals surface area contributed by atoms with Crippen molar-refractivity contribution < 1.29 is 28.4 Å². The third-order valence-electron chi connectivity index (χ3n) is 4.55. The summed E-state index contributed by atoms with van der Waals surface area (Å²) in [5.74, 6) is -1.41. The van der Waals surface area contributed by atoms with Crippen molar-refractivity contribution in [1.82, 2.24) is 5.32 Å². The van der Waals surface area contributed by atoms with Gasteiger partial charge in [-0.25, -0.2) is 4.39 Å². The molecule has 1 amide bonds. The van der Waals surface area contributed by atoms with E-state index >= 15 is 0 Å². The van der Waals surface area contributed by atoms with Gasteiger partial charge in [0, 0.05) is 5.56 Å². The molecular formula is C23H29BFNO5. The Labute approximate surface area is 182 Å². The minimum absolute atomic E-state index is 0.00535. The lowest BCUT2D eigenvalue weighted by atomic mass is 9.72. The molecule has 0 unspecified atom stereocenters. The zero-order valence-corrected chi connectivity index (χ0v) is 18.4. The van der Waals surface area contributed by atoms with E-state index in [1.807, 2.05) is 13.8 Å². The lowest BCUT2D eigenvalue weighted by molar-refractivity contribution is -0.143. The summed E-state index contributed by atoms with van der Waals surface area (Å²) in [4.78, 5) is 24.5. The summed E-state index contributed by atoms with van der Waals surface area (Å²) in [6.45, 7) is 8.10. The first kappa shape index (κ1) is 24.6. The van der Waals surface area contributed by atoms with Crippen LogP contribution in [-0.4, -0.2) is 30.6 Å². The molecule has 1 heterocycles. The molecule has 2 N–H and O–H groups in total. The van der Waals surface area contributed by atoms with Crippen LogP contribution in [0.4, 0.5) is 4.39 Å². The molecule has 6 nitrogen and oxygen atoms in total. The topological polar surface area (TPSA) is 84.9 Å². The number of ether oxygens (including phenoxy) is 1. The number of hydrogen-bond donors (Lipinski definition) is 2. The van der Waals surface area contributed by atoms with Gasteiger partial charge in [-0.1, -0.05) is 52.3 Å². The van der Waals surface area contributed by atoms with E-state index in [0.717, 1.165) is 5.56 Å². The summed E-state index contributed by atoms with van der Waals surface area (Å²) in [5, 5.41) is 12.6. The summed E-state index contributed by atoms with van der Waals surface area (Å²) in [6.07, 6.45) is 1.25. The first-order valence-electron chi connectivity index (χ1n) is 10.4. The van der Waals surface area contributed by atoms with Crippen molar-refractivity contribution in [2.24, 2.45) is 0 Å². The quantitative estimate of drug-likeness (QED) is 0.545. The Bertz CT molecular complexity index is 902. The molecular weight excluding hydrogens is 400 g/mol. The maximum absolute atomic E-state index is 12.9. The first-order valence-corrected chi connectivity index (χ1v) is 10.4. The largest absolute Gasteiger partial charge is 0.492 e. The monoisotopic (exact) mass is 429 g/mol. The maximum Gasteiger partial charge on any atom is 0.492 e. The van der Waals surface area contributed by atoms with Crippen molar-refractivity contribution >= 4 is 24.5 Å². The normalized spacial score (nSPS) is 12.2. The summed E-state index contributed by atoms with van der Waals surface area (Å²) < 4.78 is 23.2. The zero-order chi connectivity index (χ0) is 23.0. The van der Waals surface area contributed by atoms with Crippen molar-refractivity contribution in [3.63, 3.8) is 0 Å². The highest BCUT2D eigenvalue weighted by Gasteiger charge is 2.33. The molecule has 166 valence electrons. The Morgan fingerprint density at radius 2 is 1.84 bits per heavy atom. The summed E-state index contributed by atoms with van der Waals surface area (Å²) in [5.41, 5.74) is 3.23. The average molecular weight is 429 g/mol. The third kappa shape index (κ3) is 6.64. The predicted octanol–water partition coefficient (Wildman–Crippen LogP) is 3.06. The van der Waals surface area contributed by atoms with Crippen LogP contribution in [0.5, 0.6) is 0 Å². The second kappa shape index (κ2) is 11.6. The number of amides is 1. The number of rotatable bonds is 6. The SMILES string of the molecule is CC(C)c1c(C(=O)NCC(=O)OCc2ccc(F)cc2)ccc2c1B(O)OC2.CCC. The van der Waals surface area contributed by atoms with Gasteiger partial charge in [-0.05, 0) is 46.3 Å². The number of carbonyl (C=O) groups is 2. The van der Waals surface area contributed by atoms with E-state index in [2.05, 4.69) is 19.2 Å². The molecule has 0 atom stereocenters. The molecule has 0 saturated heterocycles. The van der Waals surface area contributed by atoms with Gasteiger partial charge in [-0.3, -0.25) is 9.59 Å². The molecule has 2 aromatic carbocycles. The fourth-order valence-corrected chi connectivity index (χ4v) is 3.21. The summed E-state index contributed by atoms with van der Waals surface area (Å²) >= 11 is 0. The van der Waals surface area contributed by atoms with Crippen molar-refractivity contribution in [2.45, 2.75) is 53.2 Å². The van der Waals surface area contributed by atoms with Crippen LogP contribution >= 0.6 is 0 Å². The Kier molecular flexibility index (Phi) is 9.21. The number of benzene rings is 2. The lowest BCUT2D eigenvalue weighted by Crippen LogP contribution is -2.36. The van der Waals surface area contributed by atoms with Gasteiger partial charge >= 0.3 is 13.1 Å². The van der Waals surface area contributed by atoms with Gasteiger partial charge in [0.2, 0.25) is 0 Å². The minimum atomic E-state index is -1.05. The standard InChI is InChI=1S/C20H21BFNO5.C3H8/c1-12(2)18-16(8-5-14-11-28-21(26)19(14)18)20(25)23-9-17(24)27-10-13-3-6-15(22)7-4-13;1-3-2/h3-8,12,26H,9-11H2,1-2H3,(H,23,25);3H2,1-2H3. The minimum Gasteiger partial charge on any atom is -0.460 e. The van der Waals surface area contributed by atoms with E-state index in [4.69, 9.17) is 9.39 Å². The van der Waals surface area contributed by atoms with Gasteiger partial charge in [0.25, 0.3) is 5.91 Å². The number of fused-ring (bicyclic) bond motifs is 1. The van der Waals surface area contributed by atoms with Crippen molar-refractivity contribution in [3.05, 3.63) is 64.5 Å². The number of halogens is 1. The second-order valence-corrected chi connectivity index (χ2v) is 7.59. The Morgan fingerprint density at radius 1 is 1.19 bits per heavy atom. The molecule has 0 radical (unpaired) electrons. The average Bonchev–Trinajstić information content (AvgIpc) is 3.12. The van der Waals surface area contributed by atoms with E-state index in [1.54, 1.807) is 12.1 Å². The van der Waals surface area contributed by atoms with Crippen molar-refractivity contribution in [1.29, 1.82) is 0 Å². The van der Waals surface area contributed by atoms with Gasteiger partial charge in [0.15, 0.2) is 0 Å². The number of nitrogens with one attached hydrogen (secondary N) is 1. The van der Waals surface area contributed by atoms with Crippen molar-refractivity contribution in [2.75, 3.05) is 6.54 Å². The zero-order valence-electron chi connectivity index (χ0n) is 18.4. The molecule has 3 rings (SSSR count). The van der Waals surface area contributed by atoms with Crippen LogP contribution in [0.2, 0.25) is 0 Å². The third-order valence-corrected chi connectivity index (χ3v) is 4.55. The van der Waals surface area contributed by atoms with E-state index in [0.29, 0.717) is 28.8 Å². The van der Waals surface area contributed by atoms with Crippen LogP contribution < -0.4 is 10.8 Å². The van der Waals surface area contributed by atoms with Crippen molar-refractivity contribution in [3.8, 4) is 0 Å². The second-order valence-electron chi connectivity index (χ2n) is 7.59. The van der Waals surface area contributed by atoms with Crippen LogP contribution in [0.3, 0.4) is 0 Å². The number of hydrogen-bond acceptors (Lipinski definition) is 5. The molecule has 0 spiro atoms. The molecule has 1 aliphatic heterocycles. The first-order chi connectivity index (χ1) is 14.8. The van der Waals surface area contributed by atoms with Gasteiger partial charge in [0.05, 0.1) is 6.61 Å². The maximum atomic E-state index is 12.9. The highest BCUT2D eigenvalue weighted by atomic mass is 19.1. The Hall–Kier alpha value is -2.71. The molecule has 31 heavy (non-hydrogen) atoms. The van der Waals surface area contributed by atoms with Gasteiger partial charge in [-0.15, -0.1) is 0 Å². The summed E-state index contributed by atoms with van der Waals surface area (Å²) in [7, 11) is -1.05. The molecule has 8 heteroatoms. The molecule has 1 aliphatic rings. The van der Waals surface area contributed by atoms with Crippen LogP contribution in [0.25, 0.3) is 0 Å². The smallest absolute Gasteiger partial charge is 0.460 e. The molecule has 2 aromatic rings. The lowest BCUT2D eigenvalue weighted by Gasteiger charge is -2.17. The number of carbonyl (C=O) groups excluding carboxylic acids is 2. The molecule has 0 aliphatic carbocycles. The Balaban J connectivity index is 0.00000107. The highest BCUT2D eigenvalue weighted by Crippen LogP contribution is 2.23. The number of esters is 1. The van der Waals surface area contributed by atoms with Gasteiger partial charge in [0.1, 0.15) is 19.0 Å². The highest BCUT2D eigenvalue weighted by molar-refractivity contribution is 6.62. The fourth-order valence-electron chi connectivity index (χ4n) is 3.21. The molecule has 0 saturated carbocycles. The van der Waals surface area contributed by atoms with Crippen LogP contribution in [0.15, 0.2) is 36.4 Å². The van der Waals surface area contributed by atoms with Gasteiger partial charge in [-0.2, -0.15) is 0 Å². The summed E-state index contributed by atoms with van der Waals surface area (Å²) in [6, 6.07) is 9.03. The van der Waals surface area contributed by atoms with E-state index < -0.39 is 19.0 Å². The molecule has 0 bridgehead atoms. The van der Waals surface area contributed by atoms with Crippen LogP contribution in [-0.2, 0) is 27.4 Å². The van der Waals surface area contributed by atoms with Gasteiger partial charge < -0.3 is 19.7 Å². The van der Waals surface area contributed by atoms with E-state index in [9.17, 15) is 19.0 Å². The fraction of sp³-hybridized carbons (Fsp3) is 0.391. The van der Waals surface area contributed by atoms with Crippen LogP contribution in [0.1, 0.15) is 67.1 Å². The molecule has 0 fully saturated rings. The van der Waals surface area contributed by atoms with E-state index in [1.165, 1.54) is 30.7 Å². The molecule has 0 aromatic heterocycles. The predicted molar refractivity (Wildman–Crippen MR) is 117 cm³/mol. The Morgan fingerprint density at radius 3 is 2.45 bits per heavy atom.